The van der Waals surface area contributed by atoms with Gasteiger partial charge in [0.2, 0.25) is 21.8 Å². The molecule has 3 aromatic rings. The van der Waals surface area contributed by atoms with Crippen LogP contribution in [0.3, 0.4) is 0 Å². The Morgan fingerprint density at radius 2 is 1.81 bits per heavy atom. The lowest BCUT2D eigenvalue weighted by Gasteiger charge is -2.13. The zero-order valence-corrected chi connectivity index (χ0v) is 18.4. The highest BCUT2D eigenvalue weighted by atomic mass is 32.2. The van der Waals surface area contributed by atoms with Crippen LogP contribution >= 0.6 is 0 Å². The van der Waals surface area contributed by atoms with Crippen LogP contribution in [-0.2, 0) is 21.4 Å². The second-order valence-corrected chi connectivity index (χ2v) is 8.43. The number of nitrogens with one attached hydrogen (secondary N) is 2. The minimum Gasteiger partial charge on any atom is -0.497 e. The SMILES string of the molecule is COc1ccc(CNS(=O)(=O)c2cc(-c3c(C)noc3NC(C)=O)ccc2OC)cc1. The molecule has 9 nitrogen and oxygen atoms in total. The fourth-order valence-electron chi connectivity index (χ4n) is 3.00. The van der Waals surface area contributed by atoms with Crippen molar-refractivity contribution in [2.75, 3.05) is 19.5 Å². The standard InChI is InChI=1S/C21H23N3O6S/c1-13-20(21(30-24-13)23-14(2)25)16-7-10-18(29-4)19(11-16)31(26,27)22-12-15-5-8-17(28-3)9-6-15/h5-11,22H,12H2,1-4H3,(H,23,25). The monoisotopic (exact) mass is 445 g/mol. The van der Waals surface area contributed by atoms with Crippen LogP contribution in [0, 0.1) is 6.92 Å². The van der Waals surface area contributed by atoms with E-state index >= 15 is 0 Å². The highest BCUT2D eigenvalue weighted by molar-refractivity contribution is 7.89. The summed E-state index contributed by atoms with van der Waals surface area (Å²) in [6, 6.07) is 11.7. The summed E-state index contributed by atoms with van der Waals surface area (Å²) in [6.45, 7) is 3.13. The third kappa shape index (κ3) is 5.04. The summed E-state index contributed by atoms with van der Waals surface area (Å²) >= 11 is 0. The van der Waals surface area contributed by atoms with Crippen molar-refractivity contribution in [3.05, 3.63) is 53.7 Å². The molecule has 31 heavy (non-hydrogen) atoms. The largest absolute Gasteiger partial charge is 0.497 e. The number of benzene rings is 2. The summed E-state index contributed by atoms with van der Waals surface area (Å²) in [7, 11) is -0.969. The van der Waals surface area contributed by atoms with E-state index in [1.807, 2.05) is 0 Å². The third-order valence-electron chi connectivity index (χ3n) is 4.52. The Kier molecular flexibility index (Phi) is 6.62. The molecule has 0 aliphatic heterocycles. The zero-order chi connectivity index (χ0) is 22.6. The van der Waals surface area contributed by atoms with Gasteiger partial charge in [0.25, 0.3) is 0 Å². The number of aryl methyl sites for hydroxylation is 1. The molecule has 0 aliphatic carbocycles. The molecular weight excluding hydrogens is 422 g/mol. The number of nitrogens with zero attached hydrogens (tertiary/aromatic N) is 1. The summed E-state index contributed by atoms with van der Waals surface area (Å²) in [5.74, 6) is 0.672. The van der Waals surface area contributed by atoms with Crippen molar-refractivity contribution < 1.29 is 27.2 Å². The average molecular weight is 445 g/mol. The van der Waals surface area contributed by atoms with Crippen LogP contribution in [0.15, 0.2) is 51.9 Å². The van der Waals surface area contributed by atoms with Crippen LogP contribution in [0.25, 0.3) is 11.1 Å². The van der Waals surface area contributed by atoms with Gasteiger partial charge in [-0.15, -0.1) is 0 Å². The van der Waals surface area contributed by atoms with Crippen molar-refractivity contribution in [1.29, 1.82) is 0 Å². The number of hydrogen-bond donors (Lipinski definition) is 2. The van der Waals surface area contributed by atoms with Crippen molar-refractivity contribution in [2.45, 2.75) is 25.3 Å². The van der Waals surface area contributed by atoms with Gasteiger partial charge >= 0.3 is 0 Å². The molecule has 1 amide bonds. The fraction of sp³-hybridized carbons (Fsp3) is 0.238. The summed E-state index contributed by atoms with van der Waals surface area (Å²) in [5, 5.41) is 6.44. The van der Waals surface area contributed by atoms with Crippen LogP contribution in [0.2, 0.25) is 0 Å². The Morgan fingerprint density at radius 3 is 2.42 bits per heavy atom. The molecule has 0 radical (unpaired) electrons. The maximum atomic E-state index is 13.1. The minimum absolute atomic E-state index is 0.0459. The first-order valence-corrected chi connectivity index (χ1v) is 10.8. The summed E-state index contributed by atoms with van der Waals surface area (Å²) in [4.78, 5) is 11.4. The predicted molar refractivity (Wildman–Crippen MR) is 115 cm³/mol. The van der Waals surface area contributed by atoms with E-state index in [0.717, 1.165) is 5.56 Å². The molecule has 2 aromatic carbocycles. The fourth-order valence-corrected chi connectivity index (χ4v) is 4.21. The van der Waals surface area contributed by atoms with Gasteiger partial charge in [-0.2, -0.15) is 0 Å². The van der Waals surface area contributed by atoms with Gasteiger partial charge < -0.3 is 14.0 Å². The number of carbonyl (C=O) groups is 1. The molecule has 1 heterocycles. The van der Waals surface area contributed by atoms with E-state index in [4.69, 9.17) is 14.0 Å². The molecule has 0 atom stereocenters. The number of amides is 1. The number of ether oxygens (including phenoxy) is 2. The lowest BCUT2D eigenvalue weighted by Crippen LogP contribution is -2.23. The normalized spacial score (nSPS) is 11.2. The summed E-state index contributed by atoms with van der Waals surface area (Å²) in [5.41, 5.74) is 2.27. The van der Waals surface area contributed by atoms with Crippen LogP contribution < -0.4 is 19.5 Å². The van der Waals surface area contributed by atoms with Crippen molar-refractivity contribution >= 4 is 21.8 Å². The molecule has 0 fully saturated rings. The molecule has 0 saturated carbocycles. The second-order valence-electron chi connectivity index (χ2n) is 6.69. The molecule has 0 aliphatic rings. The smallest absolute Gasteiger partial charge is 0.244 e. The highest BCUT2D eigenvalue weighted by Crippen LogP contribution is 2.35. The van der Waals surface area contributed by atoms with Gasteiger partial charge in [-0.1, -0.05) is 23.4 Å². The van der Waals surface area contributed by atoms with Gasteiger partial charge in [-0.05, 0) is 42.3 Å². The van der Waals surface area contributed by atoms with Crippen LogP contribution in [-0.4, -0.2) is 33.7 Å². The molecule has 2 N–H and O–H groups in total. The number of aromatic nitrogens is 1. The van der Waals surface area contributed by atoms with E-state index in [2.05, 4.69) is 15.2 Å². The van der Waals surface area contributed by atoms with E-state index in [0.29, 0.717) is 22.6 Å². The Hall–Kier alpha value is -3.37. The van der Waals surface area contributed by atoms with Crippen molar-refractivity contribution in [3.8, 4) is 22.6 Å². The Balaban J connectivity index is 1.94. The molecule has 3 rings (SSSR count). The molecule has 0 bridgehead atoms. The molecule has 10 heteroatoms. The third-order valence-corrected chi connectivity index (χ3v) is 5.94. The van der Waals surface area contributed by atoms with E-state index in [1.54, 1.807) is 50.4 Å². The van der Waals surface area contributed by atoms with Gasteiger partial charge in [0.1, 0.15) is 16.4 Å². The maximum Gasteiger partial charge on any atom is 0.244 e. The van der Waals surface area contributed by atoms with Gasteiger partial charge in [0.15, 0.2) is 0 Å². The van der Waals surface area contributed by atoms with Crippen LogP contribution in [0.5, 0.6) is 11.5 Å². The number of methoxy groups -OCH3 is 2. The van der Waals surface area contributed by atoms with E-state index in [-0.39, 0.29) is 29.0 Å². The van der Waals surface area contributed by atoms with Crippen molar-refractivity contribution in [1.82, 2.24) is 9.88 Å². The maximum absolute atomic E-state index is 13.1. The Bertz CT molecular complexity index is 1190. The van der Waals surface area contributed by atoms with Crippen molar-refractivity contribution in [3.63, 3.8) is 0 Å². The van der Waals surface area contributed by atoms with Gasteiger partial charge in [-0.3, -0.25) is 10.1 Å². The molecule has 1 aromatic heterocycles. The van der Waals surface area contributed by atoms with Gasteiger partial charge in [-0.25, -0.2) is 13.1 Å². The van der Waals surface area contributed by atoms with Crippen molar-refractivity contribution in [2.24, 2.45) is 0 Å². The first-order valence-electron chi connectivity index (χ1n) is 9.30. The molecule has 0 spiro atoms. The average Bonchev–Trinajstić information content (AvgIpc) is 3.11. The number of sulfonamides is 1. The lowest BCUT2D eigenvalue weighted by molar-refractivity contribution is -0.114. The predicted octanol–water partition coefficient (Wildman–Crippen LogP) is 3.10. The number of anilines is 1. The minimum atomic E-state index is -3.92. The van der Waals surface area contributed by atoms with Crippen LogP contribution in [0.1, 0.15) is 18.2 Å². The Morgan fingerprint density at radius 1 is 1.10 bits per heavy atom. The van der Waals surface area contributed by atoms with E-state index in [1.165, 1.54) is 20.1 Å². The Labute approximate surface area is 180 Å². The van der Waals surface area contributed by atoms with Gasteiger partial charge in [0.05, 0.1) is 25.5 Å². The molecule has 0 saturated heterocycles. The van der Waals surface area contributed by atoms with Crippen LogP contribution in [0.4, 0.5) is 5.88 Å². The summed E-state index contributed by atoms with van der Waals surface area (Å²) in [6.07, 6.45) is 0. The lowest BCUT2D eigenvalue weighted by atomic mass is 10.1. The first-order chi connectivity index (χ1) is 14.7. The molecule has 164 valence electrons. The summed E-state index contributed by atoms with van der Waals surface area (Å²) < 4.78 is 44.2. The zero-order valence-electron chi connectivity index (χ0n) is 17.6. The molecule has 0 unspecified atom stereocenters. The number of hydrogen-bond acceptors (Lipinski definition) is 7. The quantitative estimate of drug-likeness (QED) is 0.547. The first kappa shape index (κ1) is 22.3. The molecular formula is C21H23N3O6S. The van der Waals surface area contributed by atoms with E-state index < -0.39 is 10.0 Å². The topological polar surface area (TPSA) is 120 Å². The van der Waals surface area contributed by atoms with E-state index in [9.17, 15) is 13.2 Å². The number of carbonyl (C=O) groups excluding carboxylic acids is 1. The number of rotatable bonds is 8. The second kappa shape index (κ2) is 9.19. The van der Waals surface area contributed by atoms with Gasteiger partial charge in [0, 0.05) is 13.5 Å². The highest BCUT2D eigenvalue weighted by Gasteiger charge is 2.23.